The number of carboxylic acids is 1. The van der Waals surface area contributed by atoms with E-state index in [0.717, 1.165) is 22.1 Å². The van der Waals surface area contributed by atoms with Gasteiger partial charge in [0.05, 0.1) is 0 Å². The monoisotopic (exact) mass is 305 g/mol. The zero-order valence-corrected chi connectivity index (χ0v) is 13.9. The second kappa shape index (κ2) is 6.58. The predicted molar refractivity (Wildman–Crippen MR) is 89.2 cm³/mol. The molecule has 0 aliphatic rings. The highest BCUT2D eigenvalue weighted by Crippen LogP contribution is 2.32. The van der Waals surface area contributed by atoms with E-state index < -0.39 is 5.97 Å². The van der Waals surface area contributed by atoms with Crippen LogP contribution in [0.25, 0.3) is 10.1 Å². The first-order valence-electron chi connectivity index (χ1n) is 7.34. The molecule has 0 saturated carbocycles. The van der Waals surface area contributed by atoms with E-state index in [2.05, 4.69) is 32.7 Å². The van der Waals surface area contributed by atoms with Gasteiger partial charge in [0.2, 0.25) is 0 Å². The maximum absolute atomic E-state index is 11.5. The lowest BCUT2D eigenvalue weighted by atomic mass is 10.0. The van der Waals surface area contributed by atoms with Gasteiger partial charge in [0.15, 0.2) is 0 Å². The lowest BCUT2D eigenvalue weighted by molar-refractivity contribution is 0.0699. The molecule has 0 spiro atoms. The summed E-state index contributed by atoms with van der Waals surface area (Å²) >= 11 is 1.37. The fraction of sp³-hybridized carbons (Fsp3) is 0.471. The normalized spacial score (nSPS) is 13.2. The van der Waals surface area contributed by atoms with Crippen LogP contribution in [-0.4, -0.2) is 29.1 Å². The maximum atomic E-state index is 11.5. The van der Waals surface area contributed by atoms with Crippen molar-refractivity contribution in [1.29, 1.82) is 0 Å². The summed E-state index contributed by atoms with van der Waals surface area (Å²) in [5, 5.41) is 10.5. The molecule has 3 nitrogen and oxygen atoms in total. The number of carbonyl (C=O) groups is 1. The Kier molecular flexibility index (Phi) is 5.01. The van der Waals surface area contributed by atoms with Crippen molar-refractivity contribution in [3.63, 3.8) is 0 Å². The molecule has 0 bridgehead atoms. The van der Waals surface area contributed by atoms with Gasteiger partial charge in [-0.1, -0.05) is 32.0 Å². The first kappa shape index (κ1) is 16.0. The Hall–Kier alpha value is -1.39. The van der Waals surface area contributed by atoms with Gasteiger partial charge in [-0.3, -0.25) is 4.90 Å². The second-order valence-electron chi connectivity index (χ2n) is 6.10. The van der Waals surface area contributed by atoms with Gasteiger partial charge < -0.3 is 5.11 Å². The average molecular weight is 305 g/mol. The van der Waals surface area contributed by atoms with E-state index in [1.54, 1.807) is 0 Å². The number of aromatic carboxylic acids is 1. The lowest BCUT2D eigenvalue weighted by Crippen LogP contribution is -2.30. The van der Waals surface area contributed by atoms with Gasteiger partial charge in [0.1, 0.15) is 4.88 Å². The van der Waals surface area contributed by atoms with E-state index in [-0.39, 0.29) is 0 Å². The molecule has 0 aliphatic heterocycles. The minimum absolute atomic E-state index is 0.435. The zero-order valence-electron chi connectivity index (χ0n) is 13.1. The molecule has 1 unspecified atom stereocenters. The minimum Gasteiger partial charge on any atom is -0.477 e. The standard InChI is InChI=1S/C17H23NO2S/c1-11(2)9-12(3)18(4)10-14-13-7-5-6-8-15(13)21-16(14)17(19)20/h5-8,11-12H,9-10H2,1-4H3,(H,19,20). The summed E-state index contributed by atoms with van der Waals surface area (Å²) in [6.45, 7) is 7.31. The minimum atomic E-state index is -0.823. The van der Waals surface area contributed by atoms with E-state index in [1.165, 1.54) is 11.3 Å². The molecule has 4 heteroatoms. The third-order valence-electron chi connectivity index (χ3n) is 3.87. The third-order valence-corrected chi connectivity index (χ3v) is 5.07. The van der Waals surface area contributed by atoms with Crippen LogP contribution < -0.4 is 0 Å². The number of rotatable bonds is 6. The van der Waals surface area contributed by atoms with E-state index in [1.807, 2.05) is 24.3 Å². The summed E-state index contributed by atoms with van der Waals surface area (Å²) in [5.74, 6) is -0.184. The smallest absolute Gasteiger partial charge is 0.346 e. The van der Waals surface area contributed by atoms with Crippen molar-refractivity contribution in [3.8, 4) is 0 Å². The van der Waals surface area contributed by atoms with Crippen molar-refractivity contribution < 1.29 is 9.90 Å². The van der Waals surface area contributed by atoms with Crippen molar-refractivity contribution in [2.24, 2.45) is 5.92 Å². The summed E-state index contributed by atoms with van der Waals surface area (Å²) in [7, 11) is 2.07. The van der Waals surface area contributed by atoms with Crippen LogP contribution in [0.1, 0.15) is 42.4 Å². The van der Waals surface area contributed by atoms with Crippen LogP contribution in [0.4, 0.5) is 0 Å². The van der Waals surface area contributed by atoms with Crippen molar-refractivity contribution in [2.75, 3.05) is 7.05 Å². The molecular weight excluding hydrogens is 282 g/mol. The molecule has 2 aromatic rings. The van der Waals surface area contributed by atoms with Crippen molar-refractivity contribution in [1.82, 2.24) is 4.90 Å². The number of nitrogens with zero attached hydrogens (tertiary/aromatic N) is 1. The highest BCUT2D eigenvalue weighted by atomic mass is 32.1. The van der Waals surface area contributed by atoms with Crippen molar-refractivity contribution >= 4 is 27.4 Å². The quantitative estimate of drug-likeness (QED) is 0.856. The fourth-order valence-electron chi connectivity index (χ4n) is 2.70. The van der Waals surface area contributed by atoms with Crippen LogP contribution in [0, 0.1) is 5.92 Å². The van der Waals surface area contributed by atoms with Gasteiger partial charge in [0, 0.05) is 17.3 Å². The number of hydrogen-bond acceptors (Lipinski definition) is 3. The Labute approximate surface area is 130 Å². The summed E-state index contributed by atoms with van der Waals surface area (Å²) in [6, 6.07) is 8.38. The zero-order chi connectivity index (χ0) is 15.6. The van der Waals surface area contributed by atoms with Crippen LogP contribution in [-0.2, 0) is 6.54 Å². The van der Waals surface area contributed by atoms with Gasteiger partial charge >= 0.3 is 5.97 Å². The Morgan fingerprint density at radius 3 is 2.57 bits per heavy atom. The van der Waals surface area contributed by atoms with Crippen LogP contribution in [0.3, 0.4) is 0 Å². The van der Waals surface area contributed by atoms with Gasteiger partial charge in [-0.05, 0) is 43.3 Å². The van der Waals surface area contributed by atoms with Gasteiger partial charge in [-0.2, -0.15) is 0 Å². The lowest BCUT2D eigenvalue weighted by Gasteiger charge is -2.26. The molecule has 1 aromatic heterocycles. The summed E-state index contributed by atoms with van der Waals surface area (Å²) in [4.78, 5) is 14.2. The third kappa shape index (κ3) is 3.63. The van der Waals surface area contributed by atoms with Crippen LogP contribution in [0.15, 0.2) is 24.3 Å². The van der Waals surface area contributed by atoms with Crippen molar-refractivity contribution in [2.45, 2.75) is 39.8 Å². The molecule has 0 amide bonds. The number of benzene rings is 1. The Balaban J connectivity index is 2.32. The molecule has 0 fully saturated rings. The first-order chi connectivity index (χ1) is 9.90. The SMILES string of the molecule is CC(C)CC(C)N(C)Cc1c(C(=O)O)sc2ccccc12. The number of carboxylic acid groups (broad SMARTS) is 1. The average Bonchev–Trinajstić information content (AvgIpc) is 2.77. The molecule has 1 heterocycles. The van der Waals surface area contributed by atoms with Crippen LogP contribution in [0.2, 0.25) is 0 Å². The Morgan fingerprint density at radius 1 is 1.29 bits per heavy atom. The molecule has 114 valence electrons. The molecule has 0 saturated heterocycles. The molecule has 0 radical (unpaired) electrons. The summed E-state index contributed by atoms with van der Waals surface area (Å²) in [5.41, 5.74) is 0.946. The highest BCUT2D eigenvalue weighted by molar-refractivity contribution is 7.21. The van der Waals surface area contributed by atoms with Crippen LogP contribution in [0.5, 0.6) is 0 Å². The van der Waals surface area contributed by atoms with E-state index >= 15 is 0 Å². The van der Waals surface area contributed by atoms with Crippen LogP contribution >= 0.6 is 11.3 Å². The van der Waals surface area contributed by atoms with Gasteiger partial charge in [0.25, 0.3) is 0 Å². The van der Waals surface area contributed by atoms with Gasteiger partial charge in [-0.25, -0.2) is 4.79 Å². The summed E-state index contributed by atoms with van der Waals surface area (Å²) in [6.07, 6.45) is 1.11. The molecule has 1 aromatic carbocycles. The molecule has 0 aliphatic carbocycles. The predicted octanol–water partition coefficient (Wildman–Crippen LogP) is 4.47. The number of thiophene rings is 1. The van der Waals surface area contributed by atoms with E-state index in [4.69, 9.17) is 0 Å². The fourth-order valence-corrected chi connectivity index (χ4v) is 3.75. The number of fused-ring (bicyclic) bond motifs is 1. The highest BCUT2D eigenvalue weighted by Gasteiger charge is 2.20. The largest absolute Gasteiger partial charge is 0.477 e. The molecule has 1 atom stereocenters. The topological polar surface area (TPSA) is 40.5 Å². The molecule has 21 heavy (non-hydrogen) atoms. The number of hydrogen-bond donors (Lipinski definition) is 1. The Morgan fingerprint density at radius 2 is 1.95 bits per heavy atom. The Bertz CT molecular complexity index is 633. The molecular formula is C17H23NO2S. The second-order valence-corrected chi connectivity index (χ2v) is 7.16. The molecule has 1 N–H and O–H groups in total. The van der Waals surface area contributed by atoms with Crippen molar-refractivity contribution in [3.05, 3.63) is 34.7 Å². The summed E-state index contributed by atoms with van der Waals surface area (Å²) < 4.78 is 1.05. The van der Waals surface area contributed by atoms with E-state index in [9.17, 15) is 9.90 Å². The van der Waals surface area contributed by atoms with Gasteiger partial charge in [-0.15, -0.1) is 11.3 Å². The maximum Gasteiger partial charge on any atom is 0.346 e. The first-order valence-corrected chi connectivity index (χ1v) is 8.15. The van der Waals surface area contributed by atoms with E-state index in [0.29, 0.717) is 23.4 Å². The molecule has 2 rings (SSSR count).